The van der Waals surface area contributed by atoms with Crippen molar-refractivity contribution in [3.8, 4) is 0 Å². The first-order valence-electron chi connectivity index (χ1n) is 5.89. The monoisotopic (exact) mass is 290 g/mol. The van der Waals surface area contributed by atoms with Crippen LogP contribution in [0.25, 0.3) is 0 Å². The average molecular weight is 290 g/mol. The Labute approximate surface area is 118 Å². The van der Waals surface area contributed by atoms with Crippen LogP contribution in [0.15, 0.2) is 0 Å². The lowest BCUT2D eigenvalue weighted by atomic mass is 10.2. The number of ether oxygens (including phenoxy) is 1. The van der Waals surface area contributed by atoms with Crippen molar-refractivity contribution in [2.75, 3.05) is 6.54 Å². The van der Waals surface area contributed by atoms with Crippen LogP contribution < -0.4 is 10.6 Å². The number of amides is 2. The van der Waals surface area contributed by atoms with Crippen LogP contribution in [-0.2, 0) is 14.3 Å². The molecular formula is C12H22N2O4S. The zero-order valence-corrected chi connectivity index (χ0v) is 13.1. The second-order valence-electron chi connectivity index (χ2n) is 5.51. The molecule has 0 aliphatic rings. The summed E-state index contributed by atoms with van der Waals surface area (Å²) < 4.78 is 4.99. The van der Waals surface area contributed by atoms with E-state index in [9.17, 15) is 14.4 Å². The van der Waals surface area contributed by atoms with E-state index in [0.29, 0.717) is 0 Å². The highest BCUT2D eigenvalue weighted by Crippen LogP contribution is 2.21. The van der Waals surface area contributed by atoms with Crippen LogP contribution in [0.4, 0.5) is 4.79 Å². The minimum absolute atomic E-state index is 0.0922. The Hall–Kier alpha value is -1.24. The normalized spacial score (nSPS) is 11.7. The van der Waals surface area contributed by atoms with Gasteiger partial charge in [-0.2, -0.15) is 0 Å². The number of carbonyl (C=O) groups excluding carboxylic acids is 3. The second-order valence-corrected chi connectivity index (χ2v) is 7.31. The molecule has 0 aromatic rings. The number of alkyl carbamates (subject to hydrolysis) is 1. The van der Waals surface area contributed by atoms with Crippen molar-refractivity contribution in [1.82, 2.24) is 10.6 Å². The predicted octanol–water partition coefficient (Wildman–Crippen LogP) is 1.64. The quantitative estimate of drug-likeness (QED) is 0.769. The first kappa shape index (κ1) is 17.8. The van der Waals surface area contributed by atoms with Gasteiger partial charge in [0.15, 0.2) is 5.12 Å². The summed E-state index contributed by atoms with van der Waals surface area (Å²) in [6, 6.07) is 0. The molecule has 0 aromatic heterocycles. The maximum atomic E-state index is 11.6. The maximum Gasteiger partial charge on any atom is 0.408 e. The van der Waals surface area contributed by atoms with Crippen LogP contribution in [-0.4, -0.2) is 34.1 Å². The van der Waals surface area contributed by atoms with E-state index in [-0.39, 0.29) is 17.6 Å². The van der Waals surface area contributed by atoms with Crippen LogP contribution >= 0.6 is 11.8 Å². The largest absolute Gasteiger partial charge is 0.444 e. The number of hydrogen-bond donors (Lipinski definition) is 2. The Kier molecular flexibility index (Phi) is 6.35. The van der Waals surface area contributed by atoms with Crippen molar-refractivity contribution in [3.05, 3.63) is 0 Å². The van der Waals surface area contributed by atoms with Gasteiger partial charge in [0, 0.05) is 6.92 Å². The molecule has 0 fully saturated rings. The lowest BCUT2D eigenvalue weighted by Crippen LogP contribution is -2.46. The van der Waals surface area contributed by atoms with Crippen molar-refractivity contribution >= 4 is 28.9 Å². The molecule has 0 heterocycles. The molecule has 0 atom stereocenters. The SMILES string of the molecule is CC(=O)SC(C)(C)NC(=O)CNC(=O)OC(C)(C)C. The standard InChI is InChI=1S/C12H22N2O4S/c1-8(15)19-12(5,6)14-9(16)7-13-10(17)18-11(2,3)4/h7H2,1-6H3,(H,13,17)(H,14,16). The number of nitrogens with one attached hydrogen (secondary N) is 2. The van der Waals surface area contributed by atoms with Crippen molar-refractivity contribution in [2.24, 2.45) is 0 Å². The third kappa shape index (κ3) is 10.4. The van der Waals surface area contributed by atoms with Crippen LogP contribution in [0, 0.1) is 0 Å². The van der Waals surface area contributed by atoms with Crippen LogP contribution in [0.5, 0.6) is 0 Å². The van der Waals surface area contributed by atoms with Gasteiger partial charge in [0.2, 0.25) is 5.91 Å². The number of hydrogen-bond acceptors (Lipinski definition) is 5. The van der Waals surface area contributed by atoms with Crippen LogP contribution in [0.3, 0.4) is 0 Å². The van der Waals surface area contributed by atoms with Crippen molar-refractivity contribution in [3.63, 3.8) is 0 Å². The molecular weight excluding hydrogens is 268 g/mol. The van der Waals surface area contributed by atoms with E-state index in [1.54, 1.807) is 34.6 Å². The third-order valence-corrected chi connectivity index (χ3v) is 2.53. The Morgan fingerprint density at radius 1 is 1.11 bits per heavy atom. The van der Waals surface area contributed by atoms with E-state index in [4.69, 9.17) is 4.74 Å². The molecule has 110 valence electrons. The summed E-state index contributed by atoms with van der Waals surface area (Å²) in [5.41, 5.74) is -0.607. The molecule has 0 rings (SSSR count). The molecule has 0 saturated carbocycles. The van der Waals surface area contributed by atoms with Gasteiger partial charge in [-0.15, -0.1) is 0 Å². The summed E-state index contributed by atoms with van der Waals surface area (Å²) in [5, 5.41) is 4.89. The summed E-state index contributed by atoms with van der Waals surface area (Å²) >= 11 is 1.01. The first-order valence-corrected chi connectivity index (χ1v) is 6.70. The van der Waals surface area contributed by atoms with Crippen LogP contribution in [0.2, 0.25) is 0 Å². The van der Waals surface area contributed by atoms with Crippen molar-refractivity contribution in [2.45, 2.75) is 52.0 Å². The first-order chi connectivity index (χ1) is 8.41. The van der Waals surface area contributed by atoms with Gasteiger partial charge in [0.05, 0.1) is 4.87 Å². The van der Waals surface area contributed by atoms with Crippen molar-refractivity contribution < 1.29 is 19.1 Å². The third-order valence-electron chi connectivity index (χ3n) is 1.63. The molecule has 0 spiro atoms. The minimum Gasteiger partial charge on any atom is -0.444 e. The van der Waals surface area contributed by atoms with E-state index >= 15 is 0 Å². The molecule has 2 N–H and O–H groups in total. The summed E-state index contributed by atoms with van der Waals surface area (Å²) in [6.45, 7) is 9.86. The molecule has 19 heavy (non-hydrogen) atoms. The second kappa shape index (κ2) is 6.79. The highest BCUT2D eigenvalue weighted by molar-refractivity contribution is 8.14. The highest BCUT2D eigenvalue weighted by Gasteiger charge is 2.23. The fraction of sp³-hybridized carbons (Fsp3) is 0.750. The average Bonchev–Trinajstić information content (AvgIpc) is 2.08. The Morgan fingerprint density at radius 3 is 2.05 bits per heavy atom. The van der Waals surface area contributed by atoms with Gasteiger partial charge in [0.25, 0.3) is 0 Å². The highest BCUT2D eigenvalue weighted by atomic mass is 32.2. The van der Waals surface area contributed by atoms with E-state index in [2.05, 4.69) is 10.6 Å². The molecule has 2 amide bonds. The number of thioether (sulfide) groups is 1. The van der Waals surface area contributed by atoms with E-state index in [0.717, 1.165) is 11.8 Å². The Morgan fingerprint density at radius 2 is 1.63 bits per heavy atom. The van der Waals surface area contributed by atoms with Gasteiger partial charge in [0.1, 0.15) is 12.1 Å². The van der Waals surface area contributed by atoms with E-state index < -0.39 is 16.6 Å². The van der Waals surface area contributed by atoms with Gasteiger partial charge in [-0.1, -0.05) is 11.8 Å². The van der Waals surface area contributed by atoms with Crippen molar-refractivity contribution in [1.29, 1.82) is 0 Å². The zero-order chi connectivity index (χ0) is 15.3. The fourth-order valence-electron chi connectivity index (χ4n) is 1.23. The fourth-order valence-corrected chi connectivity index (χ4v) is 2.11. The lowest BCUT2D eigenvalue weighted by molar-refractivity contribution is -0.121. The summed E-state index contributed by atoms with van der Waals surface area (Å²) in [4.78, 5) is 33.2. The molecule has 0 bridgehead atoms. The van der Waals surface area contributed by atoms with Crippen LogP contribution in [0.1, 0.15) is 41.5 Å². The summed E-state index contributed by atoms with van der Waals surface area (Å²) in [7, 11) is 0. The van der Waals surface area contributed by atoms with Gasteiger partial charge in [-0.25, -0.2) is 4.79 Å². The van der Waals surface area contributed by atoms with Gasteiger partial charge in [-0.3, -0.25) is 9.59 Å². The zero-order valence-electron chi connectivity index (χ0n) is 12.2. The van der Waals surface area contributed by atoms with E-state index in [1.807, 2.05) is 0 Å². The molecule has 0 aliphatic heterocycles. The smallest absolute Gasteiger partial charge is 0.408 e. The molecule has 0 aliphatic carbocycles. The number of rotatable bonds is 4. The molecule has 0 aromatic carbocycles. The van der Waals surface area contributed by atoms with Gasteiger partial charge < -0.3 is 15.4 Å². The Balaban J connectivity index is 4.13. The Bertz CT molecular complexity index is 361. The minimum atomic E-state index is -0.710. The molecule has 0 unspecified atom stereocenters. The van der Waals surface area contributed by atoms with E-state index in [1.165, 1.54) is 6.92 Å². The maximum absolute atomic E-state index is 11.6. The predicted molar refractivity (Wildman–Crippen MR) is 74.7 cm³/mol. The topological polar surface area (TPSA) is 84.5 Å². The molecule has 0 radical (unpaired) electrons. The molecule has 6 nitrogen and oxygen atoms in total. The van der Waals surface area contributed by atoms with Gasteiger partial charge >= 0.3 is 6.09 Å². The molecule has 0 saturated heterocycles. The lowest BCUT2D eigenvalue weighted by Gasteiger charge is -2.24. The summed E-state index contributed by atoms with van der Waals surface area (Å²) in [5.74, 6) is -0.385. The number of carbonyl (C=O) groups is 3. The molecule has 7 heteroatoms. The summed E-state index contributed by atoms with van der Waals surface area (Å²) in [6.07, 6.45) is -0.653. The van der Waals surface area contributed by atoms with Gasteiger partial charge in [-0.05, 0) is 34.6 Å².